The Morgan fingerprint density at radius 2 is 2.33 bits per heavy atom. The molecule has 2 heterocycles. The molecule has 0 unspecified atom stereocenters. The summed E-state index contributed by atoms with van der Waals surface area (Å²) < 4.78 is 1.98. The van der Waals surface area contributed by atoms with Gasteiger partial charge in [-0.25, -0.2) is 4.98 Å². The van der Waals surface area contributed by atoms with Gasteiger partial charge in [-0.05, 0) is 12.3 Å². The Morgan fingerprint density at radius 1 is 1.52 bits per heavy atom. The van der Waals surface area contributed by atoms with Crippen LogP contribution in [0.15, 0.2) is 18.7 Å². The van der Waals surface area contributed by atoms with Crippen molar-refractivity contribution >= 4 is 11.8 Å². The molecule has 0 radical (unpaired) electrons. The monoisotopic (exact) mass is 292 g/mol. The van der Waals surface area contributed by atoms with Gasteiger partial charge in [0.05, 0.1) is 12.2 Å². The molecule has 0 spiro atoms. The quantitative estimate of drug-likeness (QED) is 0.759. The average molecular weight is 292 g/mol. The number of nitrogens with one attached hydrogen (secondary N) is 1. The van der Waals surface area contributed by atoms with Gasteiger partial charge in [0, 0.05) is 45.0 Å². The molecule has 1 aliphatic heterocycles. The molecule has 1 fully saturated rings. The summed E-state index contributed by atoms with van der Waals surface area (Å²) >= 11 is 0. The molecule has 2 amide bonds. The lowest BCUT2D eigenvalue weighted by atomic mass is 10.1. The number of rotatable bonds is 7. The summed E-state index contributed by atoms with van der Waals surface area (Å²) in [5.74, 6) is 0.345. The van der Waals surface area contributed by atoms with Gasteiger partial charge in [-0.15, -0.1) is 0 Å². The highest BCUT2D eigenvalue weighted by molar-refractivity contribution is 5.89. The zero-order valence-corrected chi connectivity index (χ0v) is 12.8. The van der Waals surface area contributed by atoms with Crippen LogP contribution in [0.4, 0.5) is 0 Å². The molecule has 6 heteroatoms. The van der Waals surface area contributed by atoms with Crippen molar-refractivity contribution < 1.29 is 9.59 Å². The van der Waals surface area contributed by atoms with E-state index in [0.717, 1.165) is 19.5 Å². The summed E-state index contributed by atoms with van der Waals surface area (Å²) in [6.07, 6.45) is 6.62. The summed E-state index contributed by atoms with van der Waals surface area (Å²) in [5.41, 5.74) is 0. The fourth-order valence-electron chi connectivity index (χ4n) is 2.60. The number of aryl methyl sites for hydroxylation is 1. The number of carbonyl (C=O) groups excluding carboxylic acids is 2. The van der Waals surface area contributed by atoms with Crippen LogP contribution < -0.4 is 5.32 Å². The van der Waals surface area contributed by atoms with Gasteiger partial charge in [-0.1, -0.05) is 13.8 Å². The summed E-state index contributed by atoms with van der Waals surface area (Å²) in [5, 5.41) is 2.93. The van der Waals surface area contributed by atoms with E-state index in [2.05, 4.69) is 24.1 Å². The van der Waals surface area contributed by atoms with E-state index in [4.69, 9.17) is 0 Å². The smallest absolute Gasteiger partial charge is 0.225 e. The zero-order chi connectivity index (χ0) is 15.2. The van der Waals surface area contributed by atoms with E-state index in [0.29, 0.717) is 25.4 Å². The molecular formula is C15H24N4O2. The van der Waals surface area contributed by atoms with E-state index in [9.17, 15) is 9.59 Å². The Labute approximate surface area is 125 Å². The maximum atomic E-state index is 12.1. The van der Waals surface area contributed by atoms with Crippen LogP contribution in [-0.4, -0.2) is 45.9 Å². The van der Waals surface area contributed by atoms with Crippen LogP contribution in [0.2, 0.25) is 0 Å². The van der Waals surface area contributed by atoms with Crippen molar-refractivity contribution in [1.82, 2.24) is 19.8 Å². The van der Waals surface area contributed by atoms with Crippen LogP contribution in [-0.2, 0) is 16.1 Å². The third kappa shape index (κ3) is 4.58. The highest BCUT2D eigenvalue weighted by Gasteiger charge is 2.34. The molecule has 6 nitrogen and oxygen atoms in total. The molecule has 2 rings (SSSR count). The normalized spacial score (nSPS) is 18.5. The summed E-state index contributed by atoms with van der Waals surface area (Å²) in [6.45, 7) is 6.93. The third-order valence-electron chi connectivity index (χ3n) is 3.62. The van der Waals surface area contributed by atoms with E-state index < -0.39 is 0 Å². The van der Waals surface area contributed by atoms with E-state index in [1.54, 1.807) is 17.4 Å². The van der Waals surface area contributed by atoms with Crippen LogP contribution in [0.5, 0.6) is 0 Å². The van der Waals surface area contributed by atoms with Gasteiger partial charge in [-0.2, -0.15) is 0 Å². The molecule has 1 aromatic heterocycles. The Kier molecular flexibility index (Phi) is 5.36. The Balaban J connectivity index is 1.68. The second kappa shape index (κ2) is 7.24. The predicted molar refractivity (Wildman–Crippen MR) is 79.4 cm³/mol. The maximum Gasteiger partial charge on any atom is 0.225 e. The molecule has 1 atom stereocenters. The number of nitrogens with zero attached hydrogens (tertiary/aromatic N) is 3. The predicted octanol–water partition coefficient (Wildman–Crippen LogP) is 0.894. The standard InChI is InChI=1S/C15H24N4O2/c1-12(2)9-19-10-13(8-14(19)20)15(21)17-4-3-6-18-7-5-16-11-18/h5,7,11-13H,3-4,6,8-10H2,1-2H3,(H,17,21)/t13-/m0/s1. The van der Waals surface area contributed by atoms with Crippen LogP contribution in [0.25, 0.3) is 0 Å². The van der Waals surface area contributed by atoms with Crippen molar-refractivity contribution in [1.29, 1.82) is 0 Å². The van der Waals surface area contributed by atoms with Gasteiger partial charge in [0.2, 0.25) is 11.8 Å². The van der Waals surface area contributed by atoms with E-state index in [-0.39, 0.29) is 17.7 Å². The molecule has 116 valence electrons. The minimum absolute atomic E-state index is 0.000220. The second-order valence-electron chi connectivity index (χ2n) is 6.04. The van der Waals surface area contributed by atoms with E-state index in [1.807, 2.05) is 10.8 Å². The largest absolute Gasteiger partial charge is 0.356 e. The fourth-order valence-corrected chi connectivity index (χ4v) is 2.60. The Hall–Kier alpha value is -1.85. The molecule has 21 heavy (non-hydrogen) atoms. The molecule has 1 N–H and O–H groups in total. The molecule has 0 bridgehead atoms. The number of aromatic nitrogens is 2. The van der Waals surface area contributed by atoms with Crippen molar-refractivity contribution in [3.05, 3.63) is 18.7 Å². The minimum Gasteiger partial charge on any atom is -0.356 e. The first-order chi connectivity index (χ1) is 10.1. The number of hydrogen-bond donors (Lipinski definition) is 1. The zero-order valence-electron chi connectivity index (χ0n) is 12.8. The van der Waals surface area contributed by atoms with Gasteiger partial charge in [0.1, 0.15) is 0 Å². The summed E-state index contributed by atoms with van der Waals surface area (Å²) in [6, 6.07) is 0. The van der Waals surface area contributed by atoms with Gasteiger partial charge in [0.15, 0.2) is 0 Å². The fraction of sp³-hybridized carbons (Fsp3) is 0.667. The third-order valence-corrected chi connectivity index (χ3v) is 3.62. The van der Waals surface area contributed by atoms with Crippen molar-refractivity contribution in [2.75, 3.05) is 19.6 Å². The SMILES string of the molecule is CC(C)CN1C[C@@H](C(=O)NCCCn2ccnc2)CC1=O. The van der Waals surface area contributed by atoms with Crippen LogP contribution in [0, 0.1) is 11.8 Å². The van der Waals surface area contributed by atoms with Crippen LogP contribution in [0.3, 0.4) is 0 Å². The molecule has 1 aliphatic rings. The Morgan fingerprint density at radius 3 is 3.00 bits per heavy atom. The maximum absolute atomic E-state index is 12.1. The van der Waals surface area contributed by atoms with Gasteiger partial charge < -0.3 is 14.8 Å². The number of carbonyl (C=O) groups is 2. The number of likely N-dealkylation sites (tertiary alicyclic amines) is 1. The second-order valence-corrected chi connectivity index (χ2v) is 6.04. The highest BCUT2D eigenvalue weighted by atomic mass is 16.2. The number of imidazole rings is 1. The molecular weight excluding hydrogens is 268 g/mol. The first kappa shape index (κ1) is 15.5. The van der Waals surface area contributed by atoms with Crippen molar-refractivity contribution in [3.8, 4) is 0 Å². The topological polar surface area (TPSA) is 67.2 Å². The molecule has 0 saturated carbocycles. The first-order valence-corrected chi connectivity index (χ1v) is 7.57. The lowest BCUT2D eigenvalue weighted by Crippen LogP contribution is -2.34. The Bertz CT molecular complexity index is 470. The molecule has 1 saturated heterocycles. The molecule has 1 aromatic rings. The number of amides is 2. The van der Waals surface area contributed by atoms with E-state index >= 15 is 0 Å². The lowest BCUT2D eigenvalue weighted by molar-refractivity contribution is -0.129. The molecule has 0 aliphatic carbocycles. The first-order valence-electron chi connectivity index (χ1n) is 7.57. The minimum atomic E-state index is -0.190. The van der Waals surface area contributed by atoms with Crippen molar-refractivity contribution in [2.24, 2.45) is 11.8 Å². The van der Waals surface area contributed by atoms with Gasteiger partial charge in [0.25, 0.3) is 0 Å². The van der Waals surface area contributed by atoms with E-state index in [1.165, 1.54) is 0 Å². The number of hydrogen-bond acceptors (Lipinski definition) is 3. The average Bonchev–Trinajstić information content (AvgIpc) is 3.05. The van der Waals surface area contributed by atoms with Crippen molar-refractivity contribution in [3.63, 3.8) is 0 Å². The van der Waals surface area contributed by atoms with Gasteiger partial charge in [-0.3, -0.25) is 9.59 Å². The highest BCUT2D eigenvalue weighted by Crippen LogP contribution is 2.19. The van der Waals surface area contributed by atoms with Crippen LogP contribution >= 0.6 is 0 Å². The van der Waals surface area contributed by atoms with Crippen molar-refractivity contribution in [2.45, 2.75) is 33.2 Å². The lowest BCUT2D eigenvalue weighted by Gasteiger charge is -2.18. The van der Waals surface area contributed by atoms with Gasteiger partial charge >= 0.3 is 0 Å². The molecule has 0 aromatic carbocycles. The van der Waals surface area contributed by atoms with Crippen LogP contribution in [0.1, 0.15) is 26.7 Å². The summed E-state index contributed by atoms with van der Waals surface area (Å²) in [7, 11) is 0. The summed E-state index contributed by atoms with van der Waals surface area (Å²) in [4.78, 5) is 29.7.